The summed E-state index contributed by atoms with van der Waals surface area (Å²) in [5, 5.41) is 8.68. The zero-order valence-electron chi connectivity index (χ0n) is 10.6. The van der Waals surface area contributed by atoms with Gasteiger partial charge in [-0.1, -0.05) is 0 Å². The number of hydrogen-bond acceptors (Lipinski definition) is 3. The van der Waals surface area contributed by atoms with Crippen LogP contribution in [0.15, 0.2) is 12.3 Å². The highest BCUT2D eigenvalue weighted by Gasteiger charge is 2.15. The molecule has 0 aromatic carbocycles. The molecule has 0 unspecified atom stereocenters. The van der Waals surface area contributed by atoms with Gasteiger partial charge in [-0.3, -0.25) is 14.2 Å². The van der Waals surface area contributed by atoms with Gasteiger partial charge in [-0.2, -0.15) is 10.2 Å². The Labute approximate surface area is 100 Å². The SMILES string of the molecule is CC(=O)c1c(C)nn(Cc2ccn(C)n2)c1C. The van der Waals surface area contributed by atoms with E-state index in [2.05, 4.69) is 10.2 Å². The molecule has 0 aliphatic rings. The summed E-state index contributed by atoms with van der Waals surface area (Å²) in [5.74, 6) is 0.0623. The lowest BCUT2D eigenvalue weighted by atomic mass is 10.1. The predicted molar refractivity (Wildman–Crippen MR) is 64.0 cm³/mol. The fourth-order valence-electron chi connectivity index (χ4n) is 2.06. The number of aryl methyl sites for hydroxylation is 2. The lowest BCUT2D eigenvalue weighted by Crippen LogP contribution is -2.06. The van der Waals surface area contributed by atoms with E-state index in [1.165, 1.54) is 0 Å². The van der Waals surface area contributed by atoms with E-state index in [1.54, 1.807) is 11.6 Å². The summed E-state index contributed by atoms with van der Waals surface area (Å²) in [6.07, 6.45) is 1.90. The molecule has 2 heterocycles. The lowest BCUT2D eigenvalue weighted by molar-refractivity contribution is 0.101. The first-order valence-corrected chi connectivity index (χ1v) is 5.52. The van der Waals surface area contributed by atoms with Gasteiger partial charge in [-0.15, -0.1) is 0 Å². The Morgan fingerprint density at radius 1 is 1.35 bits per heavy atom. The molecule has 0 radical (unpaired) electrons. The summed E-state index contributed by atoms with van der Waals surface area (Å²) < 4.78 is 3.58. The zero-order chi connectivity index (χ0) is 12.6. The van der Waals surface area contributed by atoms with Gasteiger partial charge in [0.05, 0.1) is 23.5 Å². The van der Waals surface area contributed by atoms with Gasteiger partial charge in [0.15, 0.2) is 5.78 Å². The number of nitrogens with zero attached hydrogens (tertiary/aromatic N) is 4. The first kappa shape index (κ1) is 11.6. The molecule has 0 aliphatic heterocycles. The summed E-state index contributed by atoms with van der Waals surface area (Å²) in [5.41, 5.74) is 3.35. The molecule has 0 spiro atoms. The summed E-state index contributed by atoms with van der Waals surface area (Å²) >= 11 is 0. The van der Waals surface area contributed by atoms with Crippen molar-refractivity contribution >= 4 is 5.78 Å². The fraction of sp³-hybridized carbons (Fsp3) is 0.417. The number of Topliss-reactive ketones (excluding diaryl/α,β-unsaturated/α-hetero) is 1. The number of hydrogen-bond donors (Lipinski definition) is 0. The van der Waals surface area contributed by atoms with Crippen molar-refractivity contribution in [3.63, 3.8) is 0 Å². The van der Waals surface area contributed by atoms with Crippen LogP contribution in [0.1, 0.15) is 34.4 Å². The molecule has 0 saturated heterocycles. The van der Waals surface area contributed by atoms with Gasteiger partial charge < -0.3 is 0 Å². The molecule has 2 rings (SSSR count). The highest BCUT2D eigenvalue weighted by Crippen LogP contribution is 2.14. The minimum atomic E-state index is 0.0623. The molecular formula is C12H16N4O. The standard InChI is InChI=1S/C12H16N4O/c1-8-12(10(3)17)9(2)16(13-8)7-11-5-6-15(4)14-11/h5-6H,7H2,1-4H3. The summed E-state index contributed by atoms with van der Waals surface area (Å²) in [7, 11) is 1.88. The monoisotopic (exact) mass is 232 g/mol. The minimum Gasteiger partial charge on any atom is -0.294 e. The quantitative estimate of drug-likeness (QED) is 0.753. The van der Waals surface area contributed by atoms with Crippen LogP contribution in [0.25, 0.3) is 0 Å². The topological polar surface area (TPSA) is 52.7 Å². The molecule has 0 saturated carbocycles. The van der Waals surface area contributed by atoms with Gasteiger partial charge >= 0.3 is 0 Å². The molecule has 0 N–H and O–H groups in total. The van der Waals surface area contributed by atoms with E-state index in [0.717, 1.165) is 22.6 Å². The average Bonchev–Trinajstić information content (AvgIpc) is 2.73. The second kappa shape index (κ2) is 4.16. The zero-order valence-corrected chi connectivity index (χ0v) is 10.6. The molecule has 0 bridgehead atoms. The molecule has 5 heteroatoms. The Morgan fingerprint density at radius 3 is 2.53 bits per heavy atom. The van der Waals surface area contributed by atoms with Crippen LogP contribution in [0.4, 0.5) is 0 Å². The van der Waals surface area contributed by atoms with Crippen LogP contribution in [0, 0.1) is 13.8 Å². The van der Waals surface area contributed by atoms with E-state index < -0.39 is 0 Å². The van der Waals surface area contributed by atoms with Gasteiger partial charge in [-0.25, -0.2) is 0 Å². The third kappa shape index (κ3) is 2.13. The molecule has 5 nitrogen and oxygen atoms in total. The summed E-state index contributed by atoms with van der Waals surface area (Å²) in [6, 6.07) is 1.95. The highest BCUT2D eigenvalue weighted by atomic mass is 16.1. The second-order valence-corrected chi connectivity index (χ2v) is 4.24. The number of carbonyl (C=O) groups excluding carboxylic acids is 1. The molecule has 17 heavy (non-hydrogen) atoms. The van der Waals surface area contributed by atoms with E-state index in [4.69, 9.17) is 0 Å². The van der Waals surface area contributed by atoms with Crippen LogP contribution in [0.2, 0.25) is 0 Å². The van der Waals surface area contributed by atoms with Gasteiger partial charge in [0.2, 0.25) is 0 Å². The maximum atomic E-state index is 11.5. The molecule has 2 aromatic heterocycles. The Kier molecular flexibility index (Phi) is 2.83. The average molecular weight is 232 g/mol. The normalized spacial score (nSPS) is 10.8. The van der Waals surface area contributed by atoms with Crippen molar-refractivity contribution in [2.45, 2.75) is 27.3 Å². The first-order chi connectivity index (χ1) is 7.99. The van der Waals surface area contributed by atoms with E-state index in [1.807, 2.05) is 37.8 Å². The number of aromatic nitrogens is 4. The van der Waals surface area contributed by atoms with Crippen molar-refractivity contribution in [3.8, 4) is 0 Å². The van der Waals surface area contributed by atoms with E-state index in [9.17, 15) is 4.79 Å². The Bertz CT molecular complexity index is 565. The van der Waals surface area contributed by atoms with Crippen molar-refractivity contribution < 1.29 is 4.79 Å². The van der Waals surface area contributed by atoms with E-state index >= 15 is 0 Å². The van der Waals surface area contributed by atoms with Crippen molar-refractivity contribution in [1.82, 2.24) is 19.6 Å². The van der Waals surface area contributed by atoms with Gasteiger partial charge in [-0.05, 0) is 26.8 Å². The third-order valence-corrected chi connectivity index (χ3v) is 2.81. The molecule has 90 valence electrons. The first-order valence-electron chi connectivity index (χ1n) is 5.52. The van der Waals surface area contributed by atoms with E-state index in [-0.39, 0.29) is 5.78 Å². The van der Waals surface area contributed by atoms with Crippen molar-refractivity contribution in [3.05, 3.63) is 34.9 Å². The van der Waals surface area contributed by atoms with Gasteiger partial charge in [0, 0.05) is 18.9 Å². The Balaban J connectivity index is 2.34. The summed E-state index contributed by atoms with van der Waals surface area (Å²) in [4.78, 5) is 11.5. The number of ketones is 1. The van der Waals surface area contributed by atoms with Crippen LogP contribution in [0.3, 0.4) is 0 Å². The molecule has 2 aromatic rings. The predicted octanol–water partition coefficient (Wildman–Crippen LogP) is 1.48. The molecule has 0 amide bonds. The van der Waals surface area contributed by atoms with Gasteiger partial charge in [0.1, 0.15) is 0 Å². The van der Waals surface area contributed by atoms with Crippen LogP contribution in [0.5, 0.6) is 0 Å². The largest absolute Gasteiger partial charge is 0.294 e. The molecule has 0 fully saturated rings. The van der Waals surface area contributed by atoms with Crippen molar-refractivity contribution in [1.29, 1.82) is 0 Å². The third-order valence-electron chi connectivity index (χ3n) is 2.81. The van der Waals surface area contributed by atoms with Gasteiger partial charge in [0.25, 0.3) is 0 Å². The van der Waals surface area contributed by atoms with E-state index in [0.29, 0.717) is 6.54 Å². The lowest BCUT2D eigenvalue weighted by Gasteiger charge is -2.01. The van der Waals surface area contributed by atoms with Crippen LogP contribution in [-0.4, -0.2) is 25.3 Å². The van der Waals surface area contributed by atoms with Crippen molar-refractivity contribution in [2.24, 2.45) is 7.05 Å². The van der Waals surface area contributed by atoms with Crippen LogP contribution >= 0.6 is 0 Å². The maximum absolute atomic E-state index is 11.5. The van der Waals surface area contributed by atoms with Crippen LogP contribution in [-0.2, 0) is 13.6 Å². The highest BCUT2D eigenvalue weighted by molar-refractivity contribution is 5.96. The number of carbonyl (C=O) groups is 1. The Morgan fingerprint density at radius 2 is 2.06 bits per heavy atom. The second-order valence-electron chi connectivity index (χ2n) is 4.24. The minimum absolute atomic E-state index is 0.0623. The number of rotatable bonds is 3. The fourth-order valence-corrected chi connectivity index (χ4v) is 2.06. The Hall–Kier alpha value is -1.91. The van der Waals surface area contributed by atoms with Crippen molar-refractivity contribution in [2.75, 3.05) is 0 Å². The molecule has 0 aliphatic carbocycles. The molecule has 0 atom stereocenters. The maximum Gasteiger partial charge on any atom is 0.163 e. The molecular weight excluding hydrogens is 216 g/mol. The smallest absolute Gasteiger partial charge is 0.163 e. The summed E-state index contributed by atoms with van der Waals surface area (Å²) in [6.45, 7) is 5.95. The van der Waals surface area contributed by atoms with Crippen LogP contribution < -0.4 is 0 Å².